The lowest BCUT2D eigenvalue weighted by Crippen LogP contribution is -2.48. The number of nitrogens with one attached hydrogen (secondary N) is 1. The highest BCUT2D eigenvalue weighted by molar-refractivity contribution is 8.00. The average molecular weight is 389 g/mol. The third-order valence-corrected chi connectivity index (χ3v) is 5.87. The second-order valence-corrected chi connectivity index (χ2v) is 10.5. The Hall–Kier alpha value is -1.41. The molecule has 1 amide bonds. The van der Waals surface area contributed by atoms with Crippen LogP contribution in [0.1, 0.15) is 27.7 Å². The molecule has 0 aliphatic carbocycles. The van der Waals surface area contributed by atoms with Crippen molar-refractivity contribution in [3.05, 3.63) is 24.3 Å². The van der Waals surface area contributed by atoms with Gasteiger partial charge in [-0.3, -0.25) is 9.10 Å². The number of nitrogens with zero attached hydrogens (tertiary/aromatic N) is 1. The lowest BCUT2D eigenvalue weighted by molar-refractivity contribution is -0.121. The summed E-state index contributed by atoms with van der Waals surface area (Å²) >= 11 is 1.74. The standard InChI is InChI=1S/C17H28N2O4S2/c1-13(16(20)18-11-12-24-17(2,3)4)19(25(6,21)22)14-7-9-15(23-5)10-8-14/h7-10,13H,11-12H2,1-6H3,(H,18,20)/t13-/m1/s1. The molecule has 1 aromatic rings. The van der Waals surface area contributed by atoms with E-state index in [2.05, 4.69) is 26.1 Å². The van der Waals surface area contributed by atoms with Crippen molar-refractivity contribution < 1.29 is 17.9 Å². The minimum absolute atomic E-state index is 0.123. The first-order valence-electron chi connectivity index (χ1n) is 8.01. The number of ether oxygens (including phenoxy) is 1. The van der Waals surface area contributed by atoms with Gasteiger partial charge in [0, 0.05) is 17.0 Å². The van der Waals surface area contributed by atoms with Crippen LogP contribution in [0.15, 0.2) is 24.3 Å². The van der Waals surface area contributed by atoms with E-state index in [-0.39, 0.29) is 10.7 Å². The number of benzene rings is 1. The lowest BCUT2D eigenvalue weighted by Gasteiger charge is -2.28. The van der Waals surface area contributed by atoms with Crippen molar-refractivity contribution in [2.24, 2.45) is 0 Å². The largest absolute Gasteiger partial charge is 0.497 e. The number of sulfonamides is 1. The molecule has 1 N–H and O–H groups in total. The van der Waals surface area contributed by atoms with E-state index in [9.17, 15) is 13.2 Å². The highest BCUT2D eigenvalue weighted by Crippen LogP contribution is 2.24. The van der Waals surface area contributed by atoms with Gasteiger partial charge in [0.1, 0.15) is 11.8 Å². The second kappa shape index (κ2) is 8.80. The molecule has 25 heavy (non-hydrogen) atoms. The summed E-state index contributed by atoms with van der Waals surface area (Å²) in [5, 5.41) is 2.81. The number of carbonyl (C=O) groups excluding carboxylic acids is 1. The normalized spacial score (nSPS) is 13.2. The summed E-state index contributed by atoms with van der Waals surface area (Å²) in [6.07, 6.45) is 1.09. The number of hydrogen-bond acceptors (Lipinski definition) is 5. The molecule has 0 bridgehead atoms. The van der Waals surface area contributed by atoms with E-state index in [0.29, 0.717) is 18.0 Å². The molecule has 0 radical (unpaired) electrons. The summed E-state index contributed by atoms with van der Waals surface area (Å²) in [4.78, 5) is 12.4. The molecule has 0 fully saturated rings. The van der Waals surface area contributed by atoms with E-state index in [1.54, 1.807) is 43.0 Å². The van der Waals surface area contributed by atoms with Crippen molar-refractivity contribution in [2.75, 3.05) is 30.0 Å². The molecule has 0 spiro atoms. The van der Waals surface area contributed by atoms with Crippen LogP contribution >= 0.6 is 11.8 Å². The van der Waals surface area contributed by atoms with Crippen molar-refractivity contribution in [1.82, 2.24) is 5.32 Å². The number of anilines is 1. The molecule has 6 nitrogen and oxygen atoms in total. The van der Waals surface area contributed by atoms with E-state index < -0.39 is 16.1 Å². The van der Waals surface area contributed by atoms with Crippen molar-refractivity contribution in [1.29, 1.82) is 0 Å². The maximum absolute atomic E-state index is 12.4. The highest BCUT2D eigenvalue weighted by atomic mass is 32.2. The summed E-state index contributed by atoms with van der Waals surface area (Å²) in [6.45, 7) is 8.40. The molecule has 0 aliphatic rings. The molecule has 0 unspecified atom stereocenters. The van der Waals surface area contributed by atoms with Crippen LogP contribution in [-0.4, -0.2) is 50.8 Å². The molecule has 0 saturated heterocycles. The van der Waals surface area contributed by atoms with Gasteiger partial charge in [0.05, 0.1) is 19.1 Å². The Kier molecular flexibility index (Phi) is 7.62. The quantitative estimate of drug-likeness (QED) is 0.693. The number of amides is 1. The molecule has 1 rings (SSSR count). The Balaban J connectivity index is 2.83. The summed E-state index contributed by atoms with van der Waals surface area (Å²) in [7, 11) is -2.07. The van der Waals surface area contributed by atoms with E-state index in [1.807, 2.05) is 0 Å². The Labute approximate surface area is 155 Å². The Morgan fingerprint density at radius 2 is 1.84 bits per heavy atom. The number of rotatable bonds is 8. The zero-order chi connectivity index (χ0) is 19.3. The molecule has 0 aromatic heterocycles. The predicted molar refractivity (Wildman–Crippen MR) is 105 cm³/mol. The van der Waals surface area contributed by atoms with Gasteiger partial charge >= 0.3 is 0 Å². The maximum atomic E-state index is 12.4. The van der Waals surface area contributed by atoms with Gasteiger partial charge < -0.3 is 10.1 Å². The van der Waals surface area contributed by atoms with Crippen LogP contribution in [0.2, 0.25) is 0 Å². The van der Waals surface area contributed by atoms with Crippen LogP contribution < -0.4 is 14.4 Å². The molecular formula is C17H28N2O4S2. The summed E-state index contributed by atoms with van der Waals surface area (Å²) in [5.41, 5.74) is 0.426. The van der Waals surface area contributed by atoms with Gasteiger partial charge in [-0.15, -0.1) is 0 Å². The Morgan fingerprint density at radius 1 is 1.28 bits per heavy atom. The van der Waals surface area contributed by atoms with Gasteiger partial charge in [-0.05, 0) is 31.2 Å². The van der Waals surface area contributed by atoms with E-state index in [0.717, 1.165) is 16.3 Å². The van der Waals surface area contributed by atoms with Crippen molar-refractivity contribution >= 4 is 33.4 Å². The first-order valence-corrected chi connectivity index (χ1v) is 10.8. The summed E-state index contributed by atoms with van der Waals surface area (Å²) in [6, 6.07) is 5.73. The maximum Gasteiger partial charge on any atom is 0.243 e. The first-order chi connectivity index (χ1) is 11.5. The van der Waals surface area contributed by atoms with Gasteiger partial charge in [0.2, 0.25) is 15.9 Å². The van der Waals surface area contributed by atoms with E-state index in [4.69, 9.17) is 4.74 Å². The van der Waals surface area contributed by atoms with Crippen molar-refractivity contribution in [2.45, 2.75) is 38.5 Å². The molecule has 0 heterocycles. The molecule has 0 aliphatic heterocycles. The summed E-state index contributed by atoms with van der Waals surface area (Å²) < 4.78 is 30.7. The molecule has 142 valence electrons. The molecule has 0 saturated carbocycles. The van der Waals surface area contributed by atoms with Gasteiger partial charge in [0.25, 0.3) is 0 Å². The number of hydrogen-bond donors (Lipinski definition) is 1. The lowest BCUT2D eigenvalue weighted by atomic mass is 10.2. The van der Waals surface area contributed by atoms with Crippen LogP contribution in [0.3, 0.4) is 0 Å². The first kappa shape index (κ1) is 21.6. The van der Waals surface area contributed by atoms with E-state index in [1.165, 1.54) is 7.11 Å². The number of methoxy groups -OCH3 is 1. The number of thioether (sulfide) groups is 1. The van der Waals surface area contributed by atoms with Crippen LogP contribution in [0, 0.1) is 0 Å². The van der Waals surface area contributed by atoms with Gasteiger partial charge in [0.15, 0.2) is 0 Å². The molecular weight excluding hydrogens is 360 g/mol. The van der Waals surface area contributed by atoms with Crippen molar-refractivity contribution in [3.63, 3.8) is 0 Å². The third-order valence-electron chi connectivity index (χ3n) is 3.35. The zero-order valence-corrected chi connectivity index (χ0v) is 17.3. The Morgan fingerprint density at radius 3 is 2.28 bits per heavy atom. The van der Waals surface area contributed by atoms with Crippen LogP contribution in [0.5, 0.6) is 5.75 Å². The fourth-order valence-electron chi connectivity index (χ4n) is 2.22. The topological polar surface area (TPSA) is 75.7 Å². The second-order valence-electron chi connectivity index (χ2n) is 6.68. The fraction of sp³-hybridized carbons (Fsp3) is 0.588. The highest BCUT2D eigenvalue weighted by Gasteiger charge is 2.29. The molecule has 8 heteroatoms. The fourth-order valence-corrected chi connectivity index (χ4v) is 4.21. The van der Waals surface area contributed by atoms with Crippen LogP contribution in [0.25, 0.3) is 0 Å². The minimum Gasteiger partial charge on any atom is -0.497 e. The SMILES string of the molecule is COc1ccc(N([C@H](C)C(=O)NCCSC(C)(C)C)S(C)(=O)=O)cc1. The van der Waals surface area contributed by atoms with Gasteiger partial charge in [-0.2, -0.15) is 11.8 Å². The molecule has 1 aromatic carbocycles. The van der Waals surface area contributed by atoms with E-state index >= 15 is 0 Å². The minimum atomic E-state index is -3.61. The number of carbonyl (C=O) groups is 1. The Bertz CT molecular complexity index is 667. The van der Waals surface area contributed by atoms with Crippen molar-refractivity contribution in [3.8, 4) is 5.75 Å². The van der Waals surface area contributed by atoms with Crippen LogP contribution in [-0.2, 0) is 14.8 Å². The van der Waals surface area contributed by atoms with Gasteiger partial charge in [-0.25, -0.2) is 8.42 Å². The molecule has 1 atom stereocenters. The monoisotopic (exact) mass is 388 g/mol. The predicted octanol–water partition coefficient (Wildman–Crippen LogP) is 2.50. The third kappa shape index (κ3) is 7.15. The smallest absolute Gasteiger partial charge is 0.243 e. The van der Waals surface area contributed by atoms with Crippen LogP contribution in [0.4, 0.5) is 5.69 Å². The zero-order valence-electron chi connectivity index (χ0n) is 15.7. The summed E-state index contributed by atoms with van der Waals surface area (Å²) in [5.74, 6) is 1.06. The average Bonchev–Trinajstić information content (AvgIpc) is 2.49. The van der Waals surface area contributed by atoms with Gasteiger partial charge in [-0.1, -0.05) is 20.8 Å².